The smallest absolute Gasteiger partial charge is 0.221 e. The van der Waals surface area contributed by atoms with E-state index in [0.29, 0.717) is 24.4 Å². The largest absolute Gasteiger partial charge is 0.385 e. The Morgan fingerprint density at radius 3 is 2.50 bits per heavy atom. The summed E-state index contributed by atoms with van der Waals surface area (Å²) in [5, 5.41) is 9.71. The van der Waals surface area contributed by atoms with Gasteiger partial charge in [-0.2, -0.15) is 0 Å². The van der Waals surface area contributed by atoms with Gasteiger partial charge < -0.3 is 20.7 Å². The molecule has 6 nitrogen and oxygen atoms in total. The molecular formula is C19H37IN4O2. The van der Waals surface area contributed by atoms with Crippen molar-refractivity contribution < 1.29 is 9.53 Å². The van der Waals surface area contributed by atoms with Crippen molar-refractivity contribution in [3.63, 3.8) is 0 Å². The molecule has 7 heteroatoms. The van der Waals surface area contributed by atoms with Gasteiger partial charge in [-0.3, -0.25) is 9.79 Å². The maximum atomic E-state index is 12.0. The Labute approximate surface area is 175 Å². The number of amides is 1. The van der Waals surface area contributed by atoms with Crippen LogP contribution in [0, 0.1) is 5.41 Å². The van der Waals surface area contributed by atoms with Gasteiger partial charge in [0.15, 0.2) is 5.96 Å². The second-order valence-electron chi connectivity index (χ2n) is 7.52. The van der Waals surface area contributed by atoms with Crippen LogP contribution >= 0.6 is 24.0 Å². The lowest BCUT2D eigenvalue weighted by atomic mass is 9.67. The fourth-order valence-corrected chi connectivity index (χ4v) is 3.74. The Hall–Kier alpha value is -0.570. The normalized spacial score (nSPS) is 19.4. The Bertz CT molecular complexity index is 435. The summed E-state index contributed by atoms with van der Waals surface area (Å²) in [7, 11) is 1.76. The molecule has 0 unspecified atom stereocenters. The van der Waals surface area contributed by atoms with E-state index < -0.39 is 0 Å². The molecule has 2 saturated carbocycles. The summed E-state index contributed by atoms with van der Waals surface area (Å²) in [4.78, 5) is 16.8. The number of carbonyl (C=O) groups is 1. The maximum absolute atomic E-state index is 12.0. The minimum absolute atomic E-state index is 0. The van der Waals surface area contributed by atoms with Crippen LogP contribution in [0.2, 0.25) is 0 Å². The van der Waals surface area contributed by atoms with Gasteiger partial charge in [0, 0.05) is 45.8 Å². The number of aliphatic imine (C=N–C) groups is 1. The van der Waals surface area contributed by atoms with Gasteiger partial charge in [-0.25, -0.2) is 0 Å². The molecule has 26 heavy (non-hydrogen) atoms. The summed E-state index contributed by atoms with van der Waals surface area (Å²) in [6.07, 6.45) is 10.1. The average molecular weight is 480 g/mol. The van der Waals surface area contributed by atoms with Crippen molar-refractivity contribution in [2.45, 2.75) is 70.8 Å². The van der Waals surface area contributed by atoms with Crippen LogP contribution in [0.1, 0.15) is 64.7 Å². The van der Waals surface area contributed by atoms with Crippen molar-refractivity contribution in [1.82, 2.24) is 16.0 Å². The van der Waals surface area contributed by atoms with Gasteiger partial charge in [0.05, 0.1) is 0 Å². The molecule has 1 amide bonds. The molecule has 152 valence electrons. The number of ether oxygens (including phenoxy) is 1. The summed E-state index contributed by atoms with van der Waals surface area (Å²) < 4.78 is 5.25. The average Bonchev–Trinajstić information content (AvgIpc) is 3.06. The molecule has 2 rings (SSSR count). The zero-order valence-corrected chi connectivity index (χ0v) is 18.8. The first kappa shape index (κ1) is 23.5. The van der Waals surface area contributed by atoms with E-state index in [1.165, 1.54) is 32.1 Å². The van der Waals surface area contributed by atoms with Gasteiger partial charge in [0.1, 0.15) is 0 Å². The second kappa shape index (κ2) is 12.8. The molecule has 2 aliphatic carbocycles. The van der Waals surface area contributed by atoms with E-state index in [1.807, 2.05) is 0 Å². The number of hydrogen-bond acceptors (Lipinski definition) is 3. The van der Waals surface area contributed by atoms with Crippen molar-refractivity contribution in [3.8, 4) is 0 Å². The molecule has 0 spiro atoms. The van der Waals surface area contributed by atoms with Crippen LogP contribution in [-0.2, 0) is 9.53 Å². The predicted molar refractivity (Wildman–Crippen MR) is 117 cm³/mol. The monoisotopic (exact) mass is 480 g/mol. The molecule has 0 saturated heterocycles. The first-order valence-corrected chi connectivity index (χ1v) is 9.98. The first-order valence-electron chi connectivity index (χ1n) is 9.98. The number of nitrogens with zero attached hydrogens (tertiary/aromatic N) is 1. The third-order valence-corrected chi connectivity index (χ3v) is 5.53. The van der Waals surface area contributed by atoms with Crippen LogP contribution in [0.4, 0.5) is 0 Å². The minimum Gasteiger partial charge on any atom is -0.385 e. The van der Waals surface area contributed by atoms with E-state index in [4.69, 9.17) is 9.73 Å². The van der Waals surface area contributed by atoms with E-state index in [-0.39, 0.29) is 29.9 Å². The lowest BCUT2D eigenvalue weighted by molar-refractivity contribution is -0.121. The quantitative estimate of drug-likeness (QED) is 0.256. The van der Waals surface area contributed by atoms with Crippen molar-refractivity contribution in [2.75, 3.05) is 33.4 Å². The van der Waals surface area contributed by atoms with Crippen molar-refractivity contribution >= 4 is 35.8 Å². The zero-order valence-electron chi connectivity index (χ0n) is 16.4. The zero-order chi connectivity index (χ0) is 18.0. The van der Waals surface area contributed by atoms with Crippen LogP contribution in [-0.4, -0.2) is 51.3 Å². The van der Waals surface area contributed by atoms with Crippen LogP contribution in [0.15, 0.2) is 4.99 Å². The molecule has 0 atom stereocenters. The molecule has 0 heterocycles. The predicted octanol–water partition coefficient (Wildman–Crippen LogP) is 2.82. The molecular weight excluding hydrogens is 443 g/mol. The standard InChI is InChI=1S/C19H36N4O2.HI/c1-3-20-18(22-15-19(10-6-11-19)12-14-25-2)21-13-9-17(24)23-16-7-4-5-8-16;/h16H,3-15H2,1-2H3,(H,23,24)(H2,20,21,22);1H. The van der Waals surface area contributed by atoms with E-state index in [2.05, 4.69) is 22.9 Å². The number of hydrogen-bond donors (Lipinski definition) is 3. The molecule has 0 aliphatic heterocycles. The molecule has 0 bridgehead atoms. The van der Waals surface area contributed by atoms with E-state index in [1.54, 1.807) is 7.11 Å². The van der Waals surface area contributed by atoms with E-state index in [0.717, 1.165) is 44.9 Å². The van der Waals surface area contributed by atoms with Gasteiger partial charge in [-0.1, -0.05) is 19.3 Å². The van der Waals surface area contributed by atoms with Crippen molar-refractivity contribution in [3.05, 3.63) is 0 Å². The van der Waals surface area contributed by atoms with Gasteiger partial charge >= 0.3 is 0 Å². The summed E-state index contributed by atoms with van der Waals surface area (Å²) >= 11 is 0. The number of carbonyl (C=O) groups excluding carboxylic acids is 1. The summed E-state index contributed by atoms with van der Waals surface area (Å²) in [5.74, 6) is 0.964. The van der Waals surface area contributed by atoms with Crippen LogP contribution in [0.3, 0.4) is 0 Å². The van der Waals surface area contributed by atoms with Crippen LogP contribution in [0.25, 0.3) is 0 Å². The highest BCUT2D eigenvalue weighted by Gasteiger charge is 2.36. The van der Waals surface area contributed by atoms with E-state index >= 15 is 0 Å². The van der Waals surface area contributed by atoms with Gasteiger partial charge in [-0.05, 0) is 44.4 Å². The van der Waals surface area contributed by atoms with Crippen LogP contribution in [0.5, 0.6) is 0 Å². The first-order chi connectivity index (χ1) is 12.2. The minimum atomic E-state index is 0. The SMILES string of the molecule is CCNC(=NCC1(CCOC)CCC1)NCCC(=O)NC1CCCC1.I. The summed E-state index contributed by atoms with van der Waals surface area (Å²) in [6.45, 7) is 5.15. The Morgan fingerprint density at radius 2 is 1.92 bits per heavy atom. The molecule has 0 aromatic carbocycles. The number of nitrogens with one attached hydrogen (secondary N) is 3. The van der Waals surface area contributed by atoms with Gasteiger partial charge in [0.25, 0.3) is 0 Å². The fraction of sp³-hybridized carbons (Fsp3) is 0.895. The molecule has 0 aromatic rings. The number of guanidine groups is 1. The van der Waals surface area contributed by atoms with E-state index in [9.17, 15) is 4.79 Å². The third kappa shape index (κ3) is 7.98. The molecule has 3 N–H and O–H groups in total. The lowest BCUT2D eigenvalue weighted by Crippen LogP contribution is -2.42. The Kier molecular flexibility index (Phi) is 11.5. The van der Waals surface area contributed by atoms with Gasteiger partial charge in [-0.15, -0.1) is 24.0 Å². The van der Waals surface area contributed by atoms with Crippen LogP contribution < -0.4 is 16.0 Å². The Balaban J connectivity index is 0.00000338. The number of methoxy groups -OCH3 is 1. The second-order valence-corrected chi connectivity index (χ2v) is 7.52. The van der Waals surface area contributed by atoms with Gasteiger partial charge in [0.2, 0.25) is 5.91 Å². The number of rotatable bonds is 10. The molecule has 2 aliphatic rings. The highest BCUT2D eigenvalue weighted by Crippen LogP contribution is 2.44. The number of halogens is 1. The van der Waals surface area contributed by atoms with Crippen molar-refractivity contribution in [2.24, 2.45) is 10.4 Å². The molecule has 2 fully saturated rings. The lowest BCUT2D eigenvalue weighted by Gasteiger charge is -2.40. The highest BCUT2D eigenvalue weighted by atomic mass is 127. The topological polar surface area (TPSA) is 74.8 Å². The maximum Gasteiger partial charge on any atom is 0.221 e. The Morgan fingerprint density at radius 1 is 1.19 bits per heavy atom. The summed E-state index contributed by atoms with van der Waals surface area (Å²) in [5.41, 5.74) is 0.318. The third-order valence-electron chi connectivity index (χ3n) is 5.53. The van der Waals surface area contributed by atoms with Crippen molar-refractivity contribution in [1.29, 1.82) is 0 Å². The molecule has 0 aromatic heterocycles. The highest BCUT2D eigenvalue weighted by molar-refractivity contribution is 14.0. The fourth-order valence-electron chi connectivity index (χ4n) is 3.74. The summed E-state index contributed by atoms with van der Waals surface area (Å²) in [6, 6.07) is 0.397. The molecule has 0 radical (unpaired) electrons.